The van der Waals surface area contributed by atoms with Gasteiger partial charge in [-0.15, -0.1) is 11.8 Å². The van der Waals surface area contributed by atoms with Crippen molar-refractivity contribution < 1.29 is 23.1 Å². The zero-order chi connectivity index (χ0) is 25.3. The van der Waals surface area contributed by atoms with Crippen LogP contribution >= 0.6 is 43.6 Å². The van der Waals surface area contributed by atoms with Crippen LogP contribution in [0, 0.1) is 6.92 Å². The molecule has 1 aliphatic carbocycles. The summed E-state index contributed by atoms with van der Waals surface area (Å²) < 4.78 is 27.6. The Bertz CT molecular complexity index is 1140. The number of rotatable bonds is 8. The summed E-state index contributed by atoms with van der Waals surface area (Å²) in [5.41, 5.74) is 2.01. The van der Waals surface area contributed by atoms with E-state index >= 15 is 0 Å². The van der Waals surface area contributed by atoms with Gasteiger partial charge in [0.2, 0.25) is 15.9 Å². The highest BCUT2D eigenvalue weighted by Crippen LogP contribution is 2.40. The predicted octanol–water partition coefficient (Wildman–Crippen LogP) is 2.86. The van der Waals surface area contributed by atoms with Crippen LogP contribution < -0.4 is 10.0 Å². The second kappa shape index (κ2) is 10.8. The van der Waals surface area contributed by atoms with Crippen molar-refractivity contribution in [2.75, 3.05) is 5.88 Å². The summed E-state index contributed by atoms with van der Waals surface area (Å²) in [5.74, 6) is -0.879. The molecule has 1 aromatic carbocycles. The Kier molecular flexibility index (Phi) is 8.73. The molecule has 3 atom stereocenters. The normalized spacial score (nSPS) is 21.6. The number of amides is 2. The van der Waals surface area contributed by atoms with Crippen LogP contribution in [0.3, 0.4) is 0 Å². The summed E-state index contributed by atoms with van der Waals surface area (Å²) >= 11 is 7.76. The highest BCUT2D eigenvalue weighted by atomic mass is 79.9. The molecule has 12 heteroatoms. The van der Waals surface area contributed by atoms with Crippen molar-refractivity contribution in [3.63, 3.8) is 0 Å². The fourth-order valence-corrected chi connectivity index (χ4v) is 7.63. The predicted molar refractivity (Wildman–Crippen MR) is 141 cm³/mol. The smallest absolute Gasteiger partial charge is 0.255 e. The van der Waals surface area contributed by atoms with Gasteiger partial charge in [-0.25, -0.2) is 8.42 Å². The van der Waals surface area contributed by atoms with Crippen LogP contribution in [-0.4, -0.2) is 58.0 Å². The molecule has 1 fully saturated rings. The monoisotopic (exact) mass is 635 g/mol. The minimum Gasteiger partial charge on any atom is -0.381 e. The lowest BCUT2D eigenvalue weighted by Gasteiger charge is -2.32. The number of carbonyl (C=O) groups is 2. The van der Waals surface area contributed by atoms with Gasteiger partial charge < -0.3 is 15.3 Å². The lowest BCUT2D eigenvalue weighted by atomic mass is 10.00. The van der Waals surface area contributed by atoms with E-state index in [4.69, 9.17) is 0 Å². The van der Waals surface area contributed by atoms with E-state index < -0.39 is 37.8 Å². The molecule has 0 aromatic heterocycles. The maximum atomic E-state index is 13.2. The quantitative estimate of drug-likeness (QED) is 0.299. The molecule has 0 radical (unpaired) electrons. The van der Waals surface area contributed by atoms with E-state index in [1.165, 1.54) is 22.7 Å². The van der Waals surface area contributed by atoms with E-state index in [1.807, 2.05) is 45.0 Å². The molecule has 3 N–H and O–H groups in total. The number of alkyl halides is 1. The molecule has 0 bridgehead atoms. The van der Waals surface area contributed by atoms with Crippen molar-refractivity contribution in [3.05, 3.63) is 56.9 Å². The summed E-state index contributed by atoms with van der Waals surface area (Å²) in [5, 5.41) is 13.6. The summed E-state index contributed by atoms with van der Waals surface area (Å²) in [6.07, 6.45) is 1.55. The molecule has 1 saturated heterocycles. The Labute approximate surface area is 220 Å². The molecule has 3 rings (SSSR count). The first-order valence-corrected chi connectivity index (χ1v) is 14.7. The number of halogens is 2. The molecule has 1 heterocycles. The standard InChI is InChI=1S/C22H27Br2N3O5S2/c1-13-6-4-5-7-14(13)11-25-20(29)18-22(2,3)33-12-27(18)21(30)17(28)19(24)26-34(31,32)16-9-8-15(23)10-16/h4-9,17-19,26,28H,10-12H2,1-3H3,(H,25,29). The average molecular weight is 637 g/mol. The van der Waals surface area contributed by atoms with E-state index in [2.05, 4.69) is 41.9 Å². The van der Waals surface area contributed by atoms with Crippen molar-refractivity contribution in [3.8, 4) is 0 Å². The number of hydrogen-bond donors (Lipinski definition) is 3. The van der Waals surface area contributed by atoms with Gasteiger partial charge in [-0.3, -0.25) is 9.59 Å². The zero-order valence-electron chi connectivity index (χ0n) is 18.9. The molecule has 34 heavy (non-hydrogen) atoms. The number of nitrogens with one attached hydrogen (secondary N) is 2. The maximum Gasteiger partial charge on any atom is 0.255 e. The average Bonchev–Trinajstić information content (AvgIpc) is 3.34. The highest BCUT2D eigenvalue weighted by molar-refractivity contribution is 9.11. The first-order chi connectivity index (χ1) is 15.8. The molecular formula is C22H27Br2N3O5S2. The molecule has 1 aromatic rings. The van der Waals surface area contributed by atoms with Crippen LogP contribution in [0.25, 0.3) is 0 Å². The van der Waals surface area contributed by atoms with E-state index in [0.29, 0.717) is 11.0 Å². The van der Waals surface area contributed by atoms with Crippen LogP contribution in [0.1, 0.15) is 31.4 Å². The number of aryl methyl sites for hydroxylation is 1. The summed E-state index contributed by atoms with van der Waals surface area (Å²) in [6, 6.07) is 6.85. The molecule has 2 aliphatic rings. The lowest BCUT2D eigenvalue weighted by molar-refractivity contribution is -0.146. The molecule has 0 spiro atoms. The molecule has 0 saturated carbocycles. The van der Waals surface area contributed by atoms with Gasteiger partial charge in [-0.05, 0) is 38.0 Å². The first-order valence-electron chi connectivity index (χ1n) is 10.5. The zero-order valence-corrected chi connectivity index (χ0v) is 23.7. The first kappa shape index (κ1) is 27.4. The summed E-state index contributed by atoms with van der Waals surface area (Å²) in [7, 11) is -3.92. The molecule has 1 aliphatic heterocycles. The van der Waals surface area contributed by atoms with Gasteiger partial charge >= 0.3 is 0 Å². The lowest BCUT2D eigenvalue weighted by Crippen LogP contribution is -2.57. The number of hydrogen-bond acceptors (Lipinski definition) is 6. The van der Waals surface area contributed by atoms with Crippen LogP contribution in [0.2, 0.25) is 0 Å². The number of sulfonamides is 1. The Hall–Kier alpha value is -1.18. The van der Waals surface area contributed by atoms with E-state index in [0.717, 1.165) is 11.1 Å². The largest absolute Gasteiger partial charge is 0.381 e. The van der Waals surface area contributed by atoms with Crippen molar-refractivity contribution in [1.29, 1.82) is 0 Å². The van der Waals surface area contributed by atoms with Gasteiger partial charge in [0.1, 0.15) is 11.0 Å². The number of nitrogens with zero attached hydrogens (tertiary/aromatic N) is 1. The van der Waals surface area contributed by atoms with Crippen LogP contribution in [0.5, 0.6) is 0 Å². The molecule has 8 nitrogen and oxygen atoms in total. The van der Waals surface area contributed by atoms with Crippen molar-refractivity contribution in [2.45, 2.75) is 55.6 Å². The van der Waals surface area contributed by atoms with Gasteiger partial charge in [0.25, 0.3) is 5.91 Å². The third kappa shape index (κ3) is 6.14. The second-order valence-electron chi connectivity index (χ2n) is 8.62. The number of benzene rings is 1. The number of aliphatic hydroxyl groups is 1. The molecule has 3 unspecified atom stereocenters. The van der Waals surface area contributed by atoms with E-state index in [-0.39, 0.29) is 23.1 Å². The van der Waals surface area contributed by atoms with Gasteiger partial charge in [0.05, 0.1) is 10.8 Å². The van der Waals surface area contributed by atoms with E-state index in [1.54, 1.807) is 6.08 Å². The Morgan fingerprint density at radius 1 is 1.29 bits per heavy atom. The number of thioether (sulfide) groups is 1. The highest BCUT2D eigenvalue weighted by Gasteiger charge is 2.49. The fraction of sp³-hybridized carbons (Fsp3) is 0.455. The maximum absolute atomic E-state index is 13.2. The Balaban J connectivity index is 1.69. The van der Waals surface area contributed by atoms with E-state index in [9.17, 15) is 23.1 Å². The van der Waals surface area contributed by atoms with Gasteiger partial charge in [0.15, 0.2) is 6.10 Å². The minimum absolute atomic E-state index is 0.120. The molecule has 186 valence electrons. The van der Waals surface area contributed by atoms with Crippen molar-refractivity contribution in [1.82, 2.24) is 14.9 Å². The Morgan fingerprint density at radius 3 is 2.59 bits per heavy atom. The molecule has 2 amide bonds. The van der Waals surface area contributed by atoms with Crippen LogP contribution in [-0.2, 0) is 26.2 Å². The topological polar surface area (TPSA) is 116 Å². The van der Waals surface area contributed by atoms with Crippen LogP contribution in [0.4, 0.5) is 0 Å². The third-order valence-electron chi connectivity index (χ3n) is 5.73. The third-order valence-corrected chi connectivity index (χ3v) is 10.2. The second-order valence-corrected chi connectivity index (χ2v) is 14.0. The Morgan fingerprint density at radius 2 is 1.97 bits per heavy atom. The SMILES string of the molecule is Cc1ccccc1CNC(=O)C1N(C(=O)C(O)C(Br)NS(=O)(=O)C2=CC=C(Br)C2)CSC1(C)C. The van der Waals surface area contributed by atoms with Crippen LogP contribution in [0.15, 0.2) is 45.8 Å². The number of allylic oxidation sites excluding steroid dienone is 4. The van der Waals surface area contributed by atoms with Gasteiger partial charge in [-0.1, -0.05) is 62.2 Å². The number of carbonyl (C=O) groups excluding carboxylic acids is 2. The summed E-state index contributed by atoms with van der Waals surface area (Å²) in [4.78, 5) is 26.5. The van der Waals surface area contributed by atoms with Crippen molar-refractivity contribution >= 4 is 65.5 Å². The fourth-order valence-electron chi connectivity index (χ4n) is 3.74. The number of aliphatic hydroxyl groups excluding tert-OH is 1. The molecular weight excluding hydrogens is 610 g/mol. The van der Waals surface area contributed by atoms with Gasteiger partial charge in [-0.2, -0.15) is 4.72 Å². The van der Waals surface area contributed by atoms with Crippen molar-refractivity contribution in [2.24, 2.45) is 0 Å². The minimum atomic E-state index is -3.92. The summed E-state index contributed by atoms with van der Waals surface area (Å²) in [6.45, 7) is 5.99. The van der Waals surface area contributed by atoms with Gasteiger partial charge in [0, 0.05) is 22.2 Å².